The van der Waals surface area contributed by atoms with Crippen LogP contribution in [-0.2, 0) is 9.84 Å². The minimum atomic E-state index is -3.51. The number of fused-ring (bicyclic) bond motifs is 1. The first-order chi connectivity index (χ1) is 8.45. The van der Waals surface area contributed by atoms with Gasteiger partial charge in [-0.15, -0.1) is 0 Å². The van der Waals surface area contributed by atoms with Crippen molar-refractivity contribution in [3.05, 3.63) is 17.7 Å². The van der Waals surface area contributed by atoms with Crippen molar-refractivity contribution in [2.45, 2.75) is 11.0 Å². The maximum absolute atomic E-state index is 11.9. The molecule has 0 spiro atoms. The van der Waals surface area contributed by atoms with Crippen LogP contribution < -0.4 is 14.8 Å². The summed E-state index contributed by atoms with van der Waals surface area (Å²) in [7, 11) is -1.84. The van der Waals surface area contributed by atoms with Gasteiger partial charge >= 0.3 is 0 Å². The van der Waals surface area contributed by atoms with Crippen LogP contribution in [0.15, 0.2) is 17.0 Å². The van der Waals surface area contributed by atoms with Gasteiger partial charge in [-0.3, -0.25) is 0 Å². The van der Waals surface area contributed by atoms with Gasteiger partial charge in [-0.2, -0.15) is 0 Å². The zero-order valence-electron chi connectivity index (χ0n) is 10.1. The van der Waals surface area contributed by atoms with Gasteiger partial charge in [0.2, 0.25) is 6.79 Å². The van der Waals surface area contributed by atoms with Crippen LogP contribution in [0.1, 0.15) is 11.7 Å². The average molecular weight is 273 g/mol. The SMILES string of the molecule is CNCC(O)c1ccc2c(c1S(C)(=O)=O)OCO2. The molecular formula is C11H15NO5S. The highest BCUT2D eigenvalue weighted by atomic mass is 32.2. The van der Waals surface area contributed by atoms with Gasteiger partial charge in [0.25, 0.3) is 0 Å². The molecule has 0 radical (unpaired) electrons. The van der Waals surface area contributed by atoms with E-state index < -0.39 is 15.9 Å². The number of hydrogen-bond donors (Lipinski definition) is 2. The summed E-state index contributed by atoms with van der Waals surface area (Å²) in [5, 5.41) is 12.8. The predicted octanol–water partition coefficient (Wildman–Crippen LogP) is 0.0716. The van der Waals surface area contributed by atoms with E-state index in [4.69, 9.17) is 9.47 Å². The molecule has 0 fully saturated rings. The van der Waals surface area contributed by atoms with Crippen LogP contribution >= 0.6 is 0 Å². The lowest BCUT2D eigenvalue weighted by atomic mass is 10.1. The molecule has 0 aliphatic carbocycles. The van der Waals surface area contributed by atoms with Crippen LogP contribution in [0.25, 0.3) is 0 Å². The Balaban J connectivity index is 2.61. The fraction of sp³-hybridized carbons (Fsp3) is 0.455. The van der Waals surface area contributed by atoms with E-state index in [0.717, 1.165) is 6.26 Å². The zero-order chi connectivity index (χ0) is 13.3. The number of hydrogen-bond acceptors (Lipinski definition) is 6. The van der Waals surface area contributed by atoms with Crippen LogP contribution in [0.4, 0.5) is 0 Å². The highest BCUT2D eigenvalue weighted by Crippen LogP contribution is 2.41. The second-order valence-electron chi connectivity index (χ2n) is 4.06. The summed E-state index contributed by atoms with van der Waals surface area (Å²) in [6.07, 6.45) is 0.161. The topological polar surface area (TPSA) is 84.9 Å². The molecule has 1 atom stereocenters. The summed E-state index contributed by atoms with van der Waals surface area (Å²) in [6, 6.07) is 3.15. The Morgan fingerprint density at radius 2 is 2.17 bits per heavy atom. The number of likely N-dealkylation sites (N-methyl/N-ethyl adjacent to an activating group) is 1. The van der Waals surface area contributed by atoms with Crippen molar-refractivity contribution in [3.63, 3.8) is 0 Å². The third-order valence-electron chi connectivity index (χ3n) is 2.65. The Kier molecular flexibility index (Phi) is 3.47. The summed E-state index contributed by atoms with van der Waals surface area (Å²) in [6.45, 7) is 0.242. The normalized spacial score (nSPS) is 15.7. The first-order valence-corrected chi connectivity index (χ1v) is 7.29. The first-order valence-electron chi connectivity index (χ1n) is 5.40. The van der Waals surface area contributed by atoms with Crippen LogP contribution in [0, 0.1) is 0 Å². The van der Waals surface area contributed by atoms with E-state index >= 15 is 0 Å². The van der Waals surface area contributed by atoms with Gasteiger partial charge in [-0.1, -0.05) is 6.07 Å². The van der Waals surface area contributed by atoms with Crippen molar-refractivity contribution in [1.29, 1.82) is 0 Å². The van der Waals surface area contributed by atoms with E-state index in [1.807, 2.05) is 0 Å². The third-order valence-corrected chi connectivity index (χ3v) is 3.81. The van der Waals surface area contributed by atoms with E-state index in [0.29, 0.717) is 11.3 Å². The van der Waals surface area contributed by atoms with Gasteiger partial charge in [0.05, 0.1) is 6.10 Å². The highest BCUT2D eigenvalue weighted by Gasteiger charge is 2.29. The fourth-order valence-electron chi connectivity index (χ4n) is 1.91. The molecule has 2 rings (SSSR count). The number of nitrogens with one attached hydrogen (secondary N) is 1. The standard InChI is InChI=1S/C11H15NO5S/c1-12-5-8(13)7-3-4-9-10(17-6-16-9)11(7)18(2,14)15/h3-4,8,12-13H,5-6H2,1-2H3. The molecule has 1 aromatic rings. The van der Waals surface area contributed by atoms with Gasteiger partial charge < -0.3 is 19.9 Å². The van der Waals surface area contributed by atoms with Gasteiger partial charge in [-0.25, -0.2) is 8.42 Å². The molecule has 1 aliphatic heterocycles. The molecule has 1 aromatic carbocycles. The second kappa shape index (κ2) is 4.75. The molecule has 0 saturated heterocycles. The highest BCUT2D eigenvalue weighted by molar-refractivity contribution is 7.90. The minimum Gasteiger partial charge on any atom is -0.454 e. The van der Waals surface area contributed by atoms with Crippen LogP contribution in [0.5, 0.6) is 11.5 Å². The first kappa shape index (κ1) is 13.1. The summed E-state index contributed by atoms with van der Waals surface area (Å²) >= 11 is 0. The molecule has 0 bridgehead atoms. The second-order valence-corrected chi connectivity index (χ2v) is 6.02. The van der Waals surface area contributed by atoms with Crippen molar-refractivity contribution in [2.75, 3.05) is 26.6 Å². The van der Waals surface area contributed by atoms with Crippen LogP contribution in [0.3, 0.4) is 0 Å². The van der Waals surface area contributed by atoms with Crippen molar-refractivity contribution in [1.82, 2.24) is 5.32 Å². The number of rotatable bonds is 4. The molecule has 1 unspecified atom stereocenters. The molecule has 2 N–H and O–H groups in total. The predicted molar refractivity (Wildman–Crippen MR) is 64.6 cm³/mol. The maximum Gasteiger partial charge on any atom is 0.231 e. The van der Waals surface area contributed by atoms with Crippen molar-refractivity contribution < 1.29 is 23.0 Å². The smallest absolute Gasteiger partial charge is 0.231 e. The van der Waals surface area contributed by atoms with Crippen molar-refractivity contribution in [3.8, 4) is 11.5 Å². The van der Waals surface area contributed by atoms with Crippen LogP contribution in [-0.4, -0.2) is 40.2 Å². The maximum atomic E-state index is 11.9. The van der Waals surface area contributed by atoms with E-state index in [1.165, 1.54) is 0 Å². The van der Waals surface area contributed by atoms with E-state index in [-0.39, 0.29) is 24.0 Å². The molecule has 0 aromatic heterocycles. The number of aliphatic hydroxyl groups excluding tert-OH is 1. The van der Waals surface area contributed by atoms with Gasteiger partial charge in [-0.05, 0) is 13.1 Å². The molecule has 18 heavy (non-hydrogen) atoms. The van der Waals surface area contributed by atoms with Gasteiger partial charge in [0.15, 0.2) is 21.3 Å². The number of aliphatic hydroxyl groups is 1. The molecule has 100 valence electrons. The van der Waals surface area contributed by atoms with Crippen molar-refractivity contribution >= 4 is 9.84 Å². The minimum absolute atomic E-state index is 0.000231. The van der Waals surface area contributed by atoms with E-state index in [9.17, 15) is 13.5 Å². The Morgan fingerprint density at radius 3 is 2.78 bits per heavy atom. The Morgan fingerprint density at radius 1 is 1.44 bits per heavy atom. The lowest BCUT2D eigenvalue weighted by Crippen LogP contribution is -2.19. The Hall–Kier alpha value is -1.31. The summed E-state index contributed by atoms with van der Waals surface area (Å²) < 4.78 is 34.0. The van der Waals surface area contributed by atoms with E-state index in [2.05, 4.69) is 5.32 Å². The zero-order valence-corrected chi connectivity index (χ0v) is 11.0. The van der Waals surface area contributed by atoms with Crippen molar-refractivity contribution in [2.24, 2.45) is 0 Å². The molecule has 0 amide bonds. The lowest BCUT2D eigenvalue weighted by molar-refractivity contribution is 0.166. The number of ether oxygens (including phenoxy) is 2. The van der Waals surface area contributed by atoms with Crippen LogP contribution in [0.2, 0.25) is 0 Å². The lowest BCUT2D eigenvalue weighted by Gasteiger charge is -2.15. The van der Waals surface area contributed by atoms with Gasteiger partial charge in [0, 0.05) is 18.4 Å². The number of sulfone groups is 1. The fourth-order valence-corrected chi connectivity index (χ4v) is 3.04. The molecule has 6 nitrogen and oxygen atoms in total. The largest absolute Gasteiger partial charge is 0.454 e. The molecule has 1 aliphatic rings. The molecule has 1 heterocycles. The average Bonchev–Trinajstić information content (AvgIpc) is 2.74. The van der Waals surface area contributed by atoms with E-state index in [1.54, 1.807) is 19.2 Å². The summed E-state index contributed by atoms with van der Waals surface area (Å²) in [4.78, 5) is 0.000231. The number of benzene rings is 1. The van der Waals surface area contributed by atoms with Gasteiger partial charge in [0.1, 0.15) is 4.90 Å². The molecule has 7 heteroatoms. The molecule has 0 saturated carbocycles. The quantitative estimate of drug-likeness (QED) is 0.807. The summed E-state index contributed by atoms with van der Waals surface area (Å²) in [5.74, 6) is 0.570. The summed E-state index contributed by atoms with van der Waals surface area (Å²) in [5.41, 5.74) is 0.316. The Labute approximate surface area is 105 Å². The monoisotopic (exact) mass is 273 g/mol. The molecular weight excluding hydrogens is 258 g/mol. The third kappa shape index (κ3) is 2.29. The Bertz CT molecular complexity index is 555.